The average Bonchev–Trinajstić information content (AvgIpc) is 2.75. The zero-order chi connectivity index (χ0) is 22.7. The van der Waals surface area contributed by atoms with Gasteiger partial charge in [0, 0.05) is 45.3 Å². The van der Waals surface area contributed by atoms with Crippen molar-refractivity contribution in [2.75, 3.05) is 26.2 Å². The SMILES string of the molecule is CC(=O)N1CC(Cc2cc(C(=O)NC(C)C(O)CN3CCc4ccccc4C3)ncn2)C1. The summed E-state index contributed by atoms with van der Waals surface area (Å²) in [4.78, 5) is 36.4. The first-order valence-electron chi connectivity index (χ1n) is 11.2. The van der Waals surface area contributed by atoms with Gasteiger partial charge in [-0.05, 0) is 42.9 Å². The van der Waals surface area contributed by atoms with Gasteiger partial charge in [-0.1, -0.05) is 24.3 Å². The number of hydrogen-bond acceptors (Lipinski definition) is 6. The highest BCUT2D eigenvalue weighted by atomic mass is 16.3. The molecule has 1 saturated heterocycles. The zero-order valence-electron chi connectivity index (χ0n) is 18.7. The lowest BCUT2D eigenvalue weighted by Crippen LogP contribution is -2.49. The number of carbonyl (C=O) groups is 2. The Morgan fingerprint density at radius 3 is 2.72 bits per heavy atom. The van der Waals surface area contributed by atoms with Crippen LogP contribution in [0.25, 0.3) is 0 Å². The number of amides is 2. The second kappa shape index (κ2) is 9.75. The number of hydrogen-bond donors (Lipinski definition) is 2. The van der Waals surface area contributed by atoms with E-state index < -0.39 is 12.1 Å². The fraction of sp³-hybridized carbons (Fsp3) is 0.500. The molecule has 2 aliphatic rings. The summed E-state index contributed by atoms with van der Waals surface area (Å²) in [6.07, 6.45) is 2.40. The topological polar surface area (TPSA) is 98.7 Å². The van der Waals surface area contributed by atoms with E-state index in [2.05, 4.69) is 38.4 Å². The van der Waals surface area contributed by atoms with Gasteiger partial charge in [0.25, 0.3) is 5.91 Å². The summed E-state index contributed by atoms with van der Waals surface area (Å²) in [6.45, 7) is 7.04. The highest BCUT2D eigenvalue weighted by Gasteiger charge is 2.29. The summed E-state index contributed by atoms with van der Waals surface area (Å²) in [7, 11) is 0. The summed E-state index contributed by atoms with van der Waals surface area (Å²) < 4.78 is 0. The lowest BCUT2D eigenvalue weighted by atomic mass is 9.94. The molecule has 2 aromatic rings. The number of likely N-dealkylation sites (tertiary alicyclic amines) is 1. The van der Waals surface area contributed by atoms with Crippen LogP contribution in [-0.2, 0) is 24.2 Å². The summed E-state index contributed by atoms with van der Waals surface area (Å²) in [5.74, 6) is 0.133. The maximum Gasteiger partial charge on any atom is 0.270 e. The minimum Gasteiger partial charge on any atom is -0.390 e. The summed E-state index contributed by atoms with van der Waals surface area (Å²) in [5.41, 5.74) is 3.76. The van der Waals surface area contributed by atoms with Gasteiger partial charge in [0.15, 0.2) is 0 Å². The summed E-state index contributed by atoms with van der Waals surface area (Å²) in [5, 5.41) is 13.6. The third-order valence-corrected chi connectivity index (χ3v) is 6.45. The molecule has 3 heterocycles. The smallest absolute Gasteiger partial charge is 0.270 e. The predicted molar refractivity (Wildman–Crippen MR) is 120 cm³/mol. The molecule has 1 aromatic heterocycles. The molecule has 0 radical (unpaired) electrons. The molecular formula is C24H31N5O3. The number of aliphatic hydroxyl groups excluding tert-OH is 1. The second-order valence-electron chi connectivity index (χ2n) is 8.97. The van der Waals surface area contributed by atoms with Gasteiger partial charge in [-0.2, -0.15) is 0 Å². The Morgan fingerprint density at radius 1 is 1.22 bits per heavy atom. The minimum atomic E-state index is -0.682. The largest absolute Gasteiger partial charge is 0.390 e. The van der Waals surface area contributed by atoms with E-state index in [0.29, 0.717) is 24.6 Å². The number of aliphatic hydroxyl groups is 1. The molecule has 2 aliphatic heterocycles. The minimum absolute atomic E-state index is 0.0883. The Bertz CT molecular complexity index is 976. The molecule has 170 valence electrons. The molecule has 32 heavy (non-hydrogen) atoms. The summed E-state index contributed by atoms with van der Waals surface area (Å²) in [6, 6.07) is 9.69. The van der Waals surface area contributed by atoms with Crippen molar-refractivity contribution in [3.63, 3.8) is 0 Å². The van der Waals surface area contributed by atoms with Crippen LogP contribution in [0.3, 0.4) is 0 Å². The van der Waals surface area contributed by atoms with Gasteiger partial charge in [-0.3, -0.25) is 14.5 Å². The van der Waals surface area contributed by atoms with Crippen LogP contribution in [0.15, 0.2) is 36.7 Å². The second-order valence-corrected chi connectivity index (χ2v) is 8.97. The molecule has 1 aromatic carbocycles. The Balaban J connectivity index is 1.27. The number of benzene rings is 1. The fourth-order valence-electron chi connectivity index (χ4n) is 4.39. The molecular weight excluding hydrogens is 406 g/mol. The van der Waals surface area contributed by atoms with Crippen LogP contribution in [0, 0.1) is 5.92 Å². The quantitative estimate of drug-likeness (QED) is 0.672. The molecule has 2 unspecified atom stereocenters. The molecule has 8 heteroatoms. The highest BCUT2D eigenvalue weighted by Crippen LogP contribution is 2.20. The van der Waals surface area contributed by atoms with E-state index in [-0.39, 0.29) is 11.8 Å². The molecule has 0 spiro atoms. The molecule has 0 saturated carbocycles. The van der Waals surface area contributed by atoms with Gasteiger partial charge in [-0.25, -0.2) is 9.97 Å². The van der Waals surface area contributed by atoms with Crippen molar-refractivity contribution in [1.82, 2.24) is 25.1 Å². The maximum atomic E-state index is 12.7. The first-order valence-corrected chi connectivity index (χ1v) is 11.2. The van der Waals surface area contributed by atoms with Crippen LogP contribution in [0.2, 0.25) is 0 Å². The Hall–Kier alpha value is -2.84. The van der Waals surface area contributed by atoms with E-state index in [1.54, 1.807) is 17.9 Å². The number of nitrogens with one attached hydrogen (secondary N) is 1. The van der Waals surface area contributed by atoms with Crippen LogP contribution < -0.4 is 5.32 Å². The van der Waals surface area contributed by atoms with Crippen molar-refractivity contribution in [3.05, 3.63) is 59.2 Å². The molecule has 1 fully saturated rings. The highest BCUT2D eigenvalue weighted by molar-refractivity contribution is 5.92. The van der Waals surface area contributed by atoms with Gasteiger partial charge in [-0.15, -0.1) is 0 Å². The molecule has 2 atom stereocenters. The van der Waals surface area contributed by atoms with Crippen molar-refractivity contribution in [2.45, 2.75) is 45.4 Å². The van der Waals surface area contributed by atoms with Crippen molar-refractivity contribution < 1.29 is 14.7 Å². The maximum absolute atomic E-state index is 12.7. The number of rotatable bonds is 7. The molecule has 0 bridgehead atoms. The third kappa shape index (κ3) is 5.31. The van der Waals surface area contributed by atoms with Gasteiger partial charge in [0.05, 0.1) is 12.1 Å². The molecule has 8 nitrogen and oxygen atoms in total. The molecule has 2 amide bonds. The molecule has 4 rings (SSSR count). The van der Waals surface area contributed by atoms with Crippen LogP contribution in [0.5, 0.6) is 0 Å². The number of β-amino-alcohol motifs (C(OH)–C–C–N with tert-alkyl or cyclic N) is 1. The first kappa shape index (κ1) is 22.4. The van der Waals surface area contributed by atoms with Gasteiger partial charge in [0.1, 0.15) is 12.0 Å². The number of nitrogens with zero attached hydrogens (tertiary/aromatic N) is 4. The van der Waals surface area contributed by atoms with E-state index in [0.717, 1.165) is 38.3 Å². The van der Waals surface area contributed by atoms with Crippen molar-refractivity contribution in [2.24, 2.45) is 5.92 Å². The van der Waals surface area contributed by atoms with Crippen molar-refractivity contribution in [1.29, 1.82) is 0 Å². The van der Waals surface area contributed by atoms with E-state index in [1.807, 2.05) is 13.0 Å². The van der Waals surface area contributed by atoms with Gasteiger partial charge in [0.2, 0.25) is 5.91 Å². The summed E-state index contributed by atoms with van der Waals surface area (Å²) >= 11 is 0. The van der Waals surface area contributed by atoms with Gasteiger partial charge < -0.3 is 15.3 Å². The van der Waals surface area contributed by atoms with Crippen LogP contribution in [0.1, 0.15) is 41.2 Å². The van der Waals surface area contributed by atoms with Crippen LogP contribution in [0.4, 0.5) is 0 Å². The standard InChI is InChI=1S/C24H31N5O3/c1-16(23(31)14-28-8-7-19-5-3-4-6-20(19)13-28)27-24(32)22-10-21(25-15-26-22)9-18-11-29(12-18)17(2)30/h3-6,10,15-16,18,23,31H,7-9,11-14H2,1-2H3,(H,27,32). The number of aromatic nitrogens is 2. The van der Waals surface area contributed by atoms with Crippen molar-refractivity contribution in [3.8, 4) is 0 Å². The Morgan fingerprint density at radius 2 is 1.97 bits per heavy atom. The molecule has 2 N–H and O–H groups in total. The normalized spacial score (nSPS) is 18.4. The first-order chi connectivity index (χ1) is 15.4. The van der Waals surface area contributed by atoms with E-state index >= 15 is 0 Å². The third-order valence-electron chi connectivity index (χ3n) is 6.45. The predicted octanol–water partition coefficient (Wildman–Crippen LogP) is 1.03. The van der Waals surface area contributed by atoms with E-state index in [9.17, 15) is 14.7 Å². The molecule has 0 aliphatic carbocycles. The fourth-order valence-corrected chi connectivity index (χ4v) is 4.39. The average molecular weight is 438 g/mol. The van der Waals surface area contributed by atoms with E-state index in [4.69, 9.17) is 0 Å². The van der Waals surface area contributed by atoms with Crippen LogP contribution >= 0.6 is 0 Å². The van der Waals surface area contributed by atoms with E-state index in [1.165, 1.54) is 17.5 Å². The Labute approximate surface area is 188 Å². The Kier molecular flexibility index (Phi) is 6.81. The lowest BCUT2D eigenvalue weighted by Gasteiger charge is -2.38. The lowest BCUT2D eigenvalue weighted by molar-refractivity contribution is -0.134. The van der Waals surface area contributed by atoms with Crippen molar-refractivity contribution >= 4 is 11.8 Å². The monoisotopic (exact) mass is 437 g/mol. The number of carbonyl (C=O) groups excluding carboxylic acids is 2. The number of fused-ring (bicyclic) bond motifs is 1. The zero-order valence-corrected chi connectivity index (χ0v) is 18.7. The van der Waals surface area contributed by atoms with Gasteiger partial charge >= 0.3 is 0 Å². The van der Waals surface area contributed by atoms with Crippen LogP contribution in [-0.4, -0.2) is 75.0 Å².